The monoisotopic (exact) mass is 311 g/mol. The van der Waals surface area contributed by atoms with Crippen LogP contribution in [0.4, 0.5) is 5.69 Å². The van der Waals surface area contributed by atoms with Crippen molar-refractivity contribution in [1.82, 2.24) is 0 Å². The Hall–Kier alpha value is -0.700. The molecule has 1 aromatic carbocycles. The normalized spacial score (nSPS) is 27.9. The number of halogens is 1. The first kappa shape index (κ1) is 13.7. The molecule has 0 aliphatic heterocycles. The molecule has 1 aliphatic carbocycles. The molecular formula is C15H22BrNO. The predicted molar refractivity (Wildman–Crippen MR) is 80.3 cm³/mol. The van der Waals surface area contributed by atoms with E-state index in [2.05, 4.69) is 41.2 Å². The molecule has 0 amide bonds. The molecule has 0 heterocycles. The Morgan fingerprint density at radius 1 is 1.22 bits per heavy atom. The van der Waals surface area contributed by atoms with Crippen LogP contribution < -0.4 is 10.1 Å². The molecule has 0 bridgehead atoms. The summed E-state index contributed by atoms with van der Waals surface area (Å²) in [5.74, 6) is 2.58. The van der Waals surface area contributed by atoms with E-state index >= 15 is 0 Å². The summed E-state index contributed by atoms with van der Waals surface area (Å²) < 4.78 is 6.49. The molecule has 3 heteroatoms. The summed E-state index contributed by atoms with van der Waals surface area (Å²) in [5, 5.41) is 3.64. The van der Waals surface area contributed by atoms with Gasteiger partial charge in [0.25, 0.3) is 0 Å². The molecule has 1 fully saturated rings. The highest BCUT2D eigenvalue weighted by Crippen LogP contribution is 2.34. The third kappa shape index (κ3) is 3.19. The number of ether oxygens (including phenoxy) is 1. The minimum Gasteiger partial charge on any atom is -0.495 e. The number of rotatable bonds is 3. The first-order chi connectivity index (χ1) is 8.60. The summed E-state index contributed by atoms with van der Waals surface area (Å²) in [5.41, 5.74) is 1.10. The Labute approximate surface area is 118 Å². The molecule has 1 N–H and O–H groups in total. The van der Waals surface area contributed by atoms with Crippen LogP contribution in [0.5, 0.6) is 5.75 Å². The van der Waals surface area contributed by atoms with Gasteiger partial charge in [0.15, 0.2) is 0 Å². The van der Waals surface area contributed by atoms with E-state index in [1.165, 1.54) is 19.3 Å². The summed E-state index contributed by atoms with van der Waals surface area (Å²) in [7, 11) is 1.72. The fourth-order valence-electron chi connectivity index (χ4n) is 2.69. The third-order valence-electron chi connectivity index (χ3n) is 4.12. The third-order valence-corrected chi connectivity index (χ3v) is 4.61. The smallest absolute Gasteiger partial charge is 0.142 e. The van der Waals surface area contributed by atoms with Crippen molar-refractivity contribution >= 4 is 21.6 Å². The second-order valence-electron chi connectivity index (χ2n) is 5.45. The molecule has 100 valence electrons. The standard InChI is InChI=1S/C15H22BrNO/c1-10-4-6-13(8-11(10)2)17-14-9-12(16)5-7-15(14)18-3/h5,7,9-11,13,17H,4,6,8H2,1-3H3. The van der Waals surface area contributed by atoms with Crippen LogP contribution in [0.3, 0.4) is 0 Å². The molecule has 0 aromatic heterocycles. The molecule has 3 atom stereocenters. The Bertz CT molecular complexity index is 407. The zero-order chi connectivity index (χ0) is 13.1. The zero-order valence-electron chi connectivity index (χ0n) is 11.4. The van der Waals surface area contributed by atoms with E-state index in [1.54, 1.807) is 7.11 Å². The lowest BCUT2D eigenvalue weighted by atomic mass is 9.79. The van der Waals surface area contributed by atoms with Gasteiger partial charge in [-0.3, -0.25) is 0 Å². The second-order valence-corrected chi connectivity index (χ2v) is 6.37. The van der Waals surface area contributed by atoms with Crippen molar-refractivity contribution in [2.45, 2.75) is 39.2 Å². The van der Waals surface area contributed by atoms with Crippen molar-refractivity contribution < 1.29 is 4.74 Å². The van der Waals surface area contributed by atoms with Gasteiger partial charge in [0.05, 0.1) is 12.8 Å². The Morgan fingerprint density at radius 2 is 2.00 bits per heavy atom. The molecule has 1 aromatic rings. The average Bonchev–Trinajstić information content (AvgIpc) is 2.34. The highest BCUT2D eigenvalue weighted by atomic mass is 79.9. The van der Waals surface area contributed by atoms with Crippen LogP contribution in [0.15, 0.2) is 22.7 Å². The van der Waals surface area contributed by atoms with Crippen LogP contribution in [-0.4, -0.2) is 13.2 Å². The summed E-state index contributed by atoms with van der Waals surface area (Å²) in [6.45, 7) is 4.72. The number of nitrogens with one attached hydrogen (secondary N) is 1. The van der Waals surface area contributed by atoms with Crippen LogP contribution in [0.25, 0.3) is 0 Å². The molecule has 1 aliphatic rings. The van der Waals surface area contributed by atoms with Crippen LogP contribution in [0.1, 0.15) is 33.1 Å². The molecule has 0 saturated heterocycles. The molecular weight excluding hydrogens is 290 g/mol. The van der Waals surface area contributed by atoms with E-state index in [0.717, 1.165) is 27.7 Å². The average molecular weight is 312 g/mol. The van der Waals surface area contributed by atoms with Crippen molar-refractivity contribution in [2.75, 3.05) is 12.4 Å². The number of methoxy groups -OCH3 is 1. The van der Waals surface area contributed by atoms with Gasteiger partial charge in [0.1, 0.15) is 5.75 Å². The predicted octanol–water partition coefficient (Wildman–Crippen LogP) is 4.69. The quantitative estimate of drug-likeness (QED) is 0.874. The zero-order valence-corrected chi connectivity index (χ0v) is 13.0. The van der Waals surface area contributed by atoms with E-state index < -0.39 is 0 Å². The van der Waals surface area contributed by atoms with Crippen LogP contribution in [0.2, 0.25) is 0 Å². The summed E-state index contributed by atoms with van der Waals surface area (Å²) in [6, 6.07) is 6.68. The Kier molecular flexibility index (Phi) is 4.55. The molecule has 0 spiro atoms. The molecule has 18 heavy (non-hydrogen) atoms. The van der Waals surface area contributed by atoms with E-state index in [9.17, 15) is 0 Å². The molecule has 2 nitrogen and oxygen atoms in total. The Balaban J connectivity index is 2.07. The van der Waals surface area contributed by atoms with Gasteiger partial charge in [-0.1, -0.05) is 29.8 Å². The maximum atomic E-state index is 5.41. The molecule has 3 unspecified atom stereocenters. The number of hydrogen-bond acceptors (Lipinski definition) is 2. The summed E-state index contributed by atoms with van der Waals surface area (Å²) in [4.78, 5) is 0. The van der Waals surface area contributed by atoms with Gasteiger partial charge in [-0.15, -0.1) is 0 Å². The molecule has 0 radical (unpaired) electrons. The van der Waals surface area contributed by atoms with Gasteiger partial charge in [0.2, 0.25) is 0 Å². The SMILES string of the molecule is COc1ccc(Br)cc1NC1CCC(C)C(C)C1. The fourth-order valence-corrected chi connectivity index (χ4v) is 3.05. The lowest BCUT2D eigenvalue weighted by molar-refractivity contribution is 0.260. The van der Waals surface area contributed by atoms with Gasteiger partial charge in [-0.2, -0.15) is 0 Å². The van der Waals surface area contributed by atoms with E-state index in [-0.39, 0.29) is 0 Å². The summed E-state index contributed by atoms with van der Waals surface area (Å²) in [6.07, 6.45) is 3.81. The lowest BCUT2D eigenvalue weighted by Gasteiger charge is -2.33. The maximum absolute atomic E-state index is 5.41. The highest BCUT2D eigenvalue weighted by Gasteiger charge is 2.24. The minimum absolute atomic E-state index is 0.569. The number of hydrogen-bond donors (Lipinski definition) is 1. The summed E-state index contributed by atoms with van der Waals surface area (Å²) >= 11 is 3.52. The first-order valence-corrected chi connectivity index (χ1v) is 7.49. The van der Waals surface area contributed by atoms with E-state index in [0.29, 0.717) is 6.04 Å². The van der Waals surface area contributed by atoms with Crippen LogP contribution in [0, 0.1) is 11.8 Å². The van der Waals surface area contributed by atoms with Crippen molar-refractivity contribution in [2.24, 2.45) is 11.8 Å². The lowest BCUT2D eigenvalue weighted by Crippen LogP contribution is -2.30. The van der Waals surface area contributed by atoms with Gasteiger partial charge in [-0.25, -0.2) is 0 Å². The maximum Gasteiger partial charge on any atom is 0.142 e. The molecule has 2 rings (SSSR count). The van der Waals surface area contributed by atoms with Gasteiger partial charge in [-0.05, 0) is 49.3 Å². The minimum atomic E-state index is 0.569. The topological polar surface area (TPSA) is 21.3 Å². The molecule has 1 saturated carbocycles. The van der Waals surface area contributed by atoms with Crippen LogP contribution in [-0.2, 0) is 0 Å². The number of anilines is 1. The highest BCUT2D eigenvalue weighted by molar-refractivity contribution is 9.10. The van der Waals surface area contributed by atoms with E-state index in [1.807, 2.05) is 12.1 Å². The fraction of sp³-hybridized carbons (Fsp3) is 0.600. The van der Waals surface area contributed by atoms with Crippen molar-refractivity contribution in [3.05, 3.63) is 22.7 Å². The van der Waals surface area contributed by atoms with Gasteiger partial charge >= 0.3 is 0 Å². The van der Waals surface area contributed by atoms with Crippen molar-refractivity contribution in [3.63, 3.8) is 0 Å². The van der Waals surface area contributed by atoms with Gasteiger partial charge < -0.3 is 10.1 Å². The van der Waals surface area contributed by atoms with E-state index in [4.69, 9.17) is 4.74 Å². The number of benzene rings is 1. The van der Waals surface area contributed by atoms with Crippen molar-refractivity contribution in [3.8, 4) is 5.75 Å². The first-order valence-electron chi connectivity index (χ1n) is 6.70. The van der Waals surface area contributed by atoms with Crippen molar-refractivity contribution in [1.29, 1.82) is 0 Å². The largest absolute Gasteiger partial charge is 0.495 e. The van der Waals surface area contributed by atoms with Gasteiger partial charge in [0, 0.05) is 10.5 Å². The Morgan fingerprint density at radius 3 is 2.67 bits per heavy atom. The second kappa shape index (κ2) is 5.96. The van der Waals surface area contributed by atoms with Crippen LogP contribution >= 0.6 is 15.9 Å².